The van der Waals surface area contributed by atoms with E-state index in [9.17, 15) is 37.3 Å². The number of carbonyl (C=O) groups is 4. The van der Waals surface area contributed by atoms with Crippen molar-refractivity contribution in [3.8, 4) is 0 Å². The number of hydrogen-bond donors (Lipinski definition) is 5. The fourth-order valence-corrected chi connectivity index (χ4v) is 5.36. The van der Waals surface area contributed by atoms with Crippen LogP contribution in [0.4, 0.5) is 5.13 Å². The van der Waals surface area contributed by atoms with E-state index >= 15 is 0 Å². The number of aliphatic carboxylic acids is 1. The van der Waals surface area contributed by atoms with Gasteiger partial charge in [-0.1, -0.05) is 32.9 Å². The number of ketones is 1. The van der Waals surface area contributed by atoms with Gasteiger partial charge in [-0.3, -0.25) is 18.9 Å². The molecule has 2 amide bonds. The van der Waals surface area contributed by atoms with E-state index in [1.807, 2.05) is 27.7 Å². The molecule has 1 saturated heterocycles. The number of oxime groups is 1. The zero-order valence-corrected chi connectivity index (χ0v) is 27.0. The Morgan fingerprint density at radius 3 is 2.42 bits per heavy atom. The normalized spacial score (nSPS) is 18.4. The van der Waals surface area contributed by atoms with Crippen molar-refractivity contribution in [2.45, 2.75) is 90.4 Å². The number of nitrogens with two attached hydrogens (primary N) is 2. The molecular weight excluding hydrogens is 634 g/mol. The molecule has 0 radical (unpaired) electrons. The molecule has 2 aromatic rings. The van der Waals surface area contributed by atoms with Gasteiger partial charge in [0.1, 0.15) is 23.6 Å². The Labute approximate surface area is 264 Å². The second-order valence-corrected chi connectivity index (χ2v) is 11.5. The Hall–Kier alpha value is -4.01. The van der Waals surface area contributed by atoms with Gasteiger partial charge in [-0.05, 0) is 19.4 Å². The topological polar surface area (TPSA) is 275 Å². The second-order valence-electron chi connectivity index (χ2n) is 9.35. The van der Waals surface area contributed by atoms with E-state index in [-0.39, 0.29) is 53.1 Å². The van der Waals surface area contributed by atoms with Crippen LogP contribution in [0.3, 0.4) is 0 Å². The van der Waals surface area contributed by atoms with Gasteiger partial charge < -0.3 is 26.7 Å². The number of amides is 2. The molecule has 250 valence electrons. The minimum atomic E-state index is -5.02. The van der Waals surface area contributed by atoms with Crippen molar-refractivity contribution in [1.82, 2.24) is 29.6 Å². The molecular formula is C25H39N9O9S2. The number of carboxylic acids is 1. The fraction of sp³-hybridized carbons (Fsp3) is 0.600. The maximum atomic E-state index is 13.2. The van der Waals surface area contributed by atoms with Crippen molar-refractivity contribution in [3.05, 3.63) is 23.0 Å². The second kappa shape index (κ2) is 16.3. The van der Waals surface area contributed by atoms with E-state index in [1.54, 1.807) is 0 Å². The quantitative estimate of drug-likeness (QED) is 0.0728. The van der Waals surface area contributed by atoms with Crippen molar-refractivity contribution in [1.29, 1.82) is 0 Å². The van der Waals surface area contributed by atoms with E-state index in [2.05, 4.69) is 25.7 Å². The average Bonchev–Trinajstić information content (AvgIpc) is 3.47. The molecule has 45 heavy (non-hydrogen) atoms. The largest absolute Gasteiger partial charge is 0.478 e. The van der Waals surface area contributed by atoms with Crippen molar-refractivity contribution in [2.24, 2.45) is 10.9 Å². The Kier molecular flexibility index (Phi) is 13.5. The summed E-state index contributed by atoms with van der Waals surface area (Å²) in [7, 11) is -5.02. The number of nitrogens with one attached hydrogen (secondary N) is 1. The van der Waals surface area contributed by atoms with Gasteiger partial charge in [-0.25, -0.2) is 14.1 Å². The summed E-state index contributed by atoms with van der Waals surface area (Å²) in [4.78, 5) is 59.4. The summed E-state index contributed by atoms with van der Waals surface area (Å²) in [6.07, 6.45) is 3.05. The maximum Gasteiger partial charge on any atom is 0.362 e. The number of β-lactam (4-membered cyclic amide) rings is 1. The van der Waals surface area contributed by atoms with Gasteiger partial charge in [0, 0.05) is 31.1 Å². The standard InChI is InChI=1S/C21H27N9O9S2.2C2H6/c22-7-1-2-12(31)4-3-11-8-24-29(27-11)9-14-16(18(33)30(14)41(36,37)38)26-17(32)15(13-10-40-20(23)25-13)28-39-21(5-6-21)19(34)35;2*1-2/h8,10,14,16H,1-7,9,22H2,(H2,23,25)(H,26,32)(H,34,35)(H,36,37,38);2*1-2H3/b28-15-;;/t14-,16+;;/m1../s1. The highest BCUT2D eigenvalue weighted by Crippen LogP contribution is 2.40. The fourth-order valence-electron chi connectivity index (χ4n) is 3.94. The first-order valence-corrected chi connectivity index (χ1v) is 16.6. The van der Waals surface area contributed by atoms with E-state index in [4.69, 9.17) is 16.3 Å². The Morgan fingerprint density at radius 1 is 1.22 bits per heavy atom. The third kappa shape index (κ3) is 9.49. The molecule has 1 saturated carbocycles. The van der Waals surface area contributed by atoms with Crippen LogP contribution in [0.1, 0.15) is 71.2 Å². The molecule has 7 N–H and O–H groups in total. The van der Waals surface area contributed by atoms with Crippen molar-refractivity contribution >= 4 is 56.1 Å². The maximum absolute atomic E-state index is 13.2. The van der Waals surface area contributed by atoms with Gasteiger partial charge in [0.2, 0.25) is 5.60 Å². The van der Waals surface area contributed by atoms with Gasteiger partial charge in [-0.15, -0.1) is 11.3 Å². The number of Topliss-reactive ketones (excluding diaryl/α,β-unsaturated/α-hetero) is 1. The summed E-state index contributed by atoms with van der Waals surface area (Å²) in [5.74, 6) is -3.47. The van der Waals surface area contributed by atoms with Crippen LogP contribution < -0.4 is 16.8 Å². The minimum absolute atomic E-state index is 0.00538. The molecule has 2 fully saturated rings. The highest BCUT2D eigenvalue weighted by Gasteiger charge is 2.56. The van der Waals surface area contributed by atoms with E-state index in [0.717, 1.165) is 16.1 Å². The van der Waals surface area contributed by atoms with Crippen LogP contribution in [-0.2, 0) is 47.3 Å². The lowest BCUT2D eigenvalue weighted by atomic mass is 9.98. The molecule has 0 bridgehead atoms. The number of thiazole rings is 1. The zero-order valence-electron chi connectivity index (χ0n) is 25.4. The molecule has 1 aliphatic heterocycles. The van der Waals surface area contributed by atoms with Crippen molar-refractivity contribution < 1.29 is 42.1 Å². The molecule has 4 rings (SSSR count). The van der Waals surface area contributed by atoms with Crippen LogP contribution in [0.5, 0.6) is 0 Å². The Morgan fingerprint density at radius 2 is 1.89 bits per heavy atom. The summed E-state index contributed by atoms with van der Waals surface area (Å²) < 4.78 is 33.6. The molecule has 0 spiro atoms. The first kappa shape index (κ1) is 37.2. The van der Waals surface area contributed by atoms with E-state index in [0.29, 0.717) is 25.1 Å². The van der Waals surface area contributed by atoms with Gasteiger partial charge in [0.15, 0.2) is 10.8 Å². The number of rotatable bonds is 15. The highest BCUT2D eigenvalue weighted by atomic mass is 32.2. The van der Waals surface area contributed by atoms with Gasteiger partial charge in [0.25, 0.3) is 11.8 Å². The molecule has 3 heterocycles. The summed E-state index contributed by atoms with van der Waals surface area (Å²) >= 11 is 0.962. The summed E-state index contributed by atoms with van der Waals surface area (Å²) in [6, 6.07) is -2.82. The summed E-state index contributed by atoms with van der Waals surface area (Å²) in [6.45, 7) is 8.04. The number of anilines is 1. The van der Waals surface area contributed by atoms with Crippen LogP contribution in [-0.4, -0.2) is 95.9 Å². The van der Waals surface area contributed by atoms with Crippen LogP contribution in [0, 0.1) is 0 Å². The molecule has 2 aromatic heterocycles. The molecule has 2 atom stereocenters. The summed E-state index contributed by atoms with van der Waals surface area (Å²) in [5, 5.41) is 25.0. The number of hydrogen-bond acceptors (Lipinski definition) is 14. The predicted octanol–water partition coefficient (Wildman–Crippen LogP) is 0.146. The van der Waals surface area contributed by atoms with Crippen molar-refractivity contribution in [2.75, 3.05) is 12.3 Å². The lowest BCUT2D eigenvalue weighted by Gasteiger charge is -2.43. The van der Waals surface area contributed by atoms with Crippen LogP contribution >= 0.6 is 11.3 Å². The van der Waals surface area contributed by atoms with Crippen LogP contribution in [0.2, 0.25) is 0 Å². The van der Waals surface area contributed by atoms with Crippen LogP contribution in [0.15, 0.2) is 16.7 Å². The Bertz CT molecular complexity index is 1490. The first-order valence-electron chi connectivity index (χ1n) is 14.3. The van der Waals surface area contributed by atoms with Gasteiger partial charge in [0.05, 0.1) is 18.4 Å². The number of nitrogens with zero attached hydrogens (tertiary/aromatic N) is 6. The smallest absolute Gasteiger partial charge is 0.362 e. The van der Waals surface area contributed by atoms with Gasteiger partial charge in [-0.2, -0.15) is 23.4 Å². The lowest BCUT2D eigenvalue weighted by molar-refractivity contribution is -0.153. The number of carboxylic acid groups (broad SMARTS) is 1. The number of aryl methyl sites for hydroxylation is 1. The number of carbonyl (C=O) groups excluding carboxylic acids is 3. The molecule has 2 aliphatic rings. The number of aromatic nitrogens is 4. The lowest BCUT2D eigenvalue weighted by Crippen LogP contribution is -2.73. The average molecular weight is 674 g/mol. The third-order valence-electron chi connectivity index (χ3n) is 6.34. The molecule has 0 aromatic carbocycles. The molecule has 20 heteroatoms. The van der Waals surface area contributed by atoms with E-state index < -0.39 is 51.5 Å². The Balaban J connectivity index is 0.00000169. The van der Waals surface area contributed by atoms with Gasteiger partial charge >= 0.3 is 16.3 Å². The van der Waals surface area contributed by atoms with Crippen molar-refractivity contribution in [3.63, 3.8) is 0 Å². The highest BCUT2D eigenvalue weighted by molar-refractivity contribution is 7.84. The minimum Gasteiger partial charge on any atom is -0.478 e. The zero-order chi connectivity index (χ0) is 33.9. The predicted molar refractivity (Wildman–Crippen MR) is 162 cm³/mol. The third-order valence-corrected chi connectivity index (χ3v) is 7.97. The molecule has 1 aliphatic carbocycles. The van der Waals surface area contributed by atoms with E-state index in [1.165, 1.54) is 11.6 Å². The summed E-state index contributed by atoms with van der Waals surface area (Å²) in [5.41, 5.74) is 9.31. The van der Waals surface area contributed by atoms with Crippen LogP contribution in [0.25, 0.3) is 0 Å². The SMILES string of the molecule is CC.CC.NCCCC(=O)CCc1cnn(C[C@@H]2[C@H](NC(=O)/C(=N\OC3(C(=O)O)CC3)c3csc(N)n3)C(=O)N2S(=O)(=O)O)n1. The first-order chi connectivity index (χ1) is 21.3. The molecule has 18 nitrogen and oxygen atoms in total. The molecule has 0 unspecified atom stereocenters. The monoisotopic (exact) mass is 673 g/mol. The number of nitrogen functional groups attached to an aromatic ring is 1.